The van der Waals surface area contributed by atoms with Crippen LogP contribution in [0.3, 0.4) is 0 Å². The first-order chi connectivity index (χ1) is 14.4. The zero-order valence-electron chi connectivity index (χ0n) is 15.2. The van der Waals surface area contributed by atoms with E-state index in [1.54, 1.807) is 30.3 Å². The van der Waals surface area contributed by atoms with Crippen LogP contribution in [-0.2, 0) is 0 Å². The molecule has 0 radical (unpaired) electrons. The zero-order chi connectivity index (χ0) is 21.3. The Kier molecular flexibility index (Phi) is 4.64. The highest BCUT2D eigenvalue weighted by Crippen LogP contribution is 2.26. The van der Waals surface area contributed by atoms with Gasteiger partial charge in [-0.3, -0.25) is 24.9 Å². The Hall–Kier alpha value is -4.60. The largest absolute Gasteiger partial charge is 0.494 e. The van der Waals surface area contributed by atoms with Gasteiger partial charge < -0.3 is 5.11 Å². The first kappa shape index (κ1) is 18.7. The molecule has 0 aliphatic carbocycles. The molecule has 2 aromatic carbocycles. The van der Waals surface area contributed by atoms with E-state index in [9.17, 15) is 24.8 Å². The number of nitrogens with one attached hydrogen (secondary N) is 2. The number of para-hydroxylation sites is 2. The molecule has 3 N–H and O–H groups in total. The number of allylic oxidation sites excluding steroid dienone is 2. The lowest BCUT2D eigenvalue weighted by molar-refractivity contribution is -0.384. The van der Waals surface area contributed by atoms with E-state index in [0.717, 1.165) is 0 Å². The van der Waals surface area contributed by atoms with E-state index in [0.29, 0.717) is 16.3 Å². The monoisotopic (exact) mass is 403 g/mol. The van der Waals surface area contributed by atoms with Gasteiger partial charge in [-0.15, -0.1) is 0 Å². The molecule has 4 rings (SSSR count). The van der Waals surface area contributed by atoms with Crippen LogP contribution in [0.4, 0.5) is 5.69 Å². The van der Waals surface area contributed by atoms with Gasteiger partial charge in [-0.05, 0) is 23.8 Å². The SMILES string of the molecule is O=c1[nH]c(O)c(C(/C=C/c2cccc([N+](=O)[O-])c2)=C2N=c3ccccc3=N2)c(=O)[nH]1. The lowest BCUT2D eigenvalue weighted by atomic mass is 10.1. The van der Waals surface area contributed by atoms with E-state index in [1.807, 2.05) is 0 Å². The number of nitro groups is 1. The van der Waals surface area contributed by atoms with Crippen LogP contribution in [0, 0.1) is 10.1 Å². The van der Waals surface area contributed by atoms with Crippen LogP contribution >= 0.6 is 0 Å². The summed E-state index contributed by atoms with van der Waals surface area (Å²) in [7, 11) is 0. The number of nitrogens with zero attached hydrogens (tertiary/aromatic N) is 3. The Morgan fingerprint density at radius 2 is 1.73 bits per heavy atom. The maximum atomic E-state index is 12.4. The number of non-ortho nitro benzene ring substituents is 1. The fourth-order valence-corrected chi connectivity index (χ4v) is 2.94. The van der Waals surface area contributed by atoms with Crippen molar-refractivity contribution < 1.29 is 10.0 Å². The molecule has 0 spiro atoms. The number of fused-ring (bicyclic) bond motifs is 1. The summed E-state index contributed by atoms with van der Waals surface area (Å²) in [4.78, 5) is 47.3. The summed E-state index contributed by atoms with van der Waals surface area (Å²) >= 11 is 0. The molecule has 1 aliphatic rings. The topological polar surface area (TPSA) is 154 Å². The number of H-pyrrole nitrogens is 2. The quantitative estimate of drug-likeness (QED) is 0.438. The summed E-state index contributed by atoms with van der Waals surface area (Å²) in [6, 6.07) is 12.9. The lowest BCUT2D eigenvalue weighted by Crippen LogP contribution is -2.24. The van der Waals surface area contributed by atoms with Crippen molar-refractivity contribution in [2.24, 2.45) is 9.98 Å². The first-order valence-electron chi connectivity index (χ1n) is 8.67. The fraction of sp³-hybridized carbons (Fsp3) is 0. The van der Waals surface area contributed by atoms with E-state index in [1.165, 1.54) is 30.4 Å². The molecule has 0 saturated heterocycles. The molecule has 10 nitrogen and oxygen atoms in total. The molecule has 0 unspecified atom stereocenters. The van der Waals surface area contributed by atoms with E-state index >= 15 is 0 Å². The second-order valence-electron chi connectivity index (χ2n) is 6.27. The smallest absolute Gasteiger partial charge is 0.328 e. The normalized spacial score (nSPS) is 12.3. The minimum atomic E-state index is -0.864. The van der Waals surface area contributed by atoms with Gasteiger partial charge in [0.05, 0.1) is 15.6 Å². The summed E-state index contributed by atoms with van der Waals surface area (Å²) in [6.07, 6.45) is 2.98. The minimum absolute atomic E-state index is 0.0984. The van der Waals surface area contributed by atoms with Crippen molar-refractivity contribution in [1.82, 2.24) is 9.97 Å². The number of hydrogen-bond donors (Lipinski definition) is 3. The third-order valence-corrected chi connectivity index (χ3v) is 4.29. The lowest BCUT2D eigenvalue weighted by Gasteiger charge is -2.05. The molecule has 0 fully saturated rings. The van der Waals surface area contributed by atoms with Crippen molar-refractivity contribution in [2.45, 2.75) is 0 Å². The van der Waals surface area contributed by atoms with Gasteiger partial charge >= 0.3 is 5.69 Å². The van der Waals surface area contributed by atoms with E-state index in [-0.39, 0.29) is 22.6 Å². The van der Waals surface area contributed by atoms with Crippen LogP contribution in [0.25, 0.3) is 11.6 Å². The number of aromatic amines is 2. The number of aromatic nitrogens is 2. The molecular formula is C20H13N5O5. The molecule has 30 heavy (non-hydrogen) atoms. The highest BCUT2D eigenvalue weighted by atomic mass is 16.6. The van der Waals surface area contributed by atoms with Crippen LogP contribution < -0.4 is 22.0 Å². The van der Waals surface area contributed by atoms with E-state index < -0.39 is 22.1 Å². The standard InChI is InChI=1S/C20H13N5O5/c26-18-16(19(27)24-20(28)23-18)13(17-21-14-6-1-2-7-15(14)22-17)9-8-11-4-3-5-12(10-11)25(29)30/h1-10H,(H3,23,24,26,27,28)/b9-8+. The highest BCUT2D eigenvalue weighted by molar-refractivity contribution is 5.82. The number of benzene rings is 2. The van der Waals surface area contributed by atoms with Gasteiger partial charge in [-0.1, -0.05) is 30.3 Å². The van der Waals surface area contributed by atoms with Crippen LogP contribution in [0.1, 0.15) is 11.1 Å². The maximum Gasteiger partial charge on any atom is 0.328 e. The molecular weight excluding hydrogens is 390 g/mol. The fourth-order valence-electron chi connectivity index (χ4n) is 2.94. The van der Waals surface area contributed by atoms with Crippen molar-refractivity contribution in [3.8, 4) is 5.88 Å². The summed E-state index contributed by atoms with van der Waals surface area (Å²) in [5.74, 6) is -0.498. The van der Waals surface area contributed by atoms with Gasteiger partial charge in [0, 0.05) is 17.7 Å². The molecule has 2 heterocycles. The molecule has 1 aromatic heterocycles. The molecule has 0 atom stereocenters. The third kappa shape index (κ3) is 3.56. The molecule has 0 amide bonds. The van der Waals surface area contributed by atoms with E-state index in [2.05, 4.69) is 20.0 Å². The van der Waals surface area contributed by atoms with Crippen LogP contribution in [0.5, 0.6) is 5.88 Å². The van der Waals surface area contributed by atoms with Gasteiger partial charge in [0.25, 0.3) is 11.2 Å². The molecule has 0 saturated carbocycles. The minimum Gasteiger partial charge on any atom is -0.494 e. The summed E-state index contributed by atoms with van der Waals surface area (Å²) in [6.45, 7) is 0. The highest BCUT2D eigenvalue weighted by Gasteiger charge is 2.18. The molecule has 0 bridgehead atoms. The number of rotatable bonds is 4. The van der Waals surface area contributed by atoms with Crippen LogP contribution in [-0.4, -0.2) is 20.0 Å². The Bertz CT molecular complexity index is 1440. The first-order valence-corrected chi connectivity index (χ1v) is 8.67. The van der Waals surface area contributed by atoms with Gasteiger partial charge in [0.15, 0.2) is 5.82 Å². The number of nitro benzene ring substituents is 1. The van der Waals surface area contributed by atoms with Gasteiger partial charge in [0.1, 0.15) is 5.56 Å². The predicted molar refractivity (Wildman–Crippen MR) is 107 cm³/mol. The van der Waals surface area contributed by atoms with Crippen molar-refractivity contribution in [1.29, 1.82) is 0 Å². The Labute approximate surface area is 167 Å². The summed E-state index contributed by atoms with van der Waals surface area (Å²) < 4.78 is 0. The summed E-state index contributed by atoms with van der Waals surface area (Å²) in [5, 5.41) is 22.4. The Morgan fingerprint density at radius 3 is 2.37 bits per heavy atom. The Morgan fingerprint density at radius 1 is 1.03 bits per heavy atom. The van der Waals surface area contributed by atoms with E-state index in [4.69, 9.17) is 0 Å². The summed E-state index contributed by atoms with van der Waals surface area (Å²) in [5.41, 5.74) is -1.41. The molecule has 10 heteroatoms. The van der Waals surface area contributed by atoms with Gasteiger partial charge in [-0.25, -0.2) is 14.8 Å². The van der Waals surface area contributed by atoms with Crippen LogP contribution in [0.2, 0.25) is 0 Å². The second kappa shape index (κ2) is 7.43. The maximum absolute atomic E-state index is 12.4. The molecule has 3 aromatic rings. The Balaban J connectivity index is 1.93. The van der Waals surface area contributed by atoms with Crippen molar-refractivity contribution in [3.05, 3.63) is 113 Å². The number of hydrogen-bond acceptors (Lipinski definition) is 7. The zero-order valence-corrected chi connectivity index (χ0v) is 15.2. The predicted octanol–water partition coefficient (Wildman–Crippen LogP) is 1.01. The average molecular weight is 403 g/mol. The third-order valence-electron chi connectivity index (χ3n) is 4.29. The van der Waals surface area contributed by atoms with Crippen molar-refractivity contribution >= 4 is 17.3 Å². The number of aromatic hydroxyl groups is 1. The molecule has 148 valence electrons. The molecule has 1 aliphatic heterocycles. The van der Waals surface area contributed by atoms with Crippen LogP contribution in [0.15, 0.2) is 80.0 Å². The van der Waals surface area contributed by atoms with Gasteiger partial charge in [-0.2, -0.15) is 0 Å². The second-order valence-corrected chi connectivity index (χ2v) is 6.27. The average Bonchev–Trinajstić information content (AvgIpc) is 3.13. The van der Waals surface area contributed by atoms with Crippen molar-refractivity contribution in [3.63, 3.8) is 0 Å². The van der Waals surface area contributed by atoms with Gasteiger partial charge in [0.2, 0.25) is 5.88 Å². The van der Waals surface area contributed by atoms with Crippen molar-refractivity contribution in [2.75, 3.05) is 0 Å².